The normalized spacial score (nSPS) is 24.8. The fraction of sp³-hybridized carbons (Fsp3) is 1.00. The largest absolute Gasteiger partial charge is 0.314 e. The molecule has 0 amide bonds. The van der Waals surface area contributed by atoms with Crippen molar-refractivity contribution in [1.29, 1.82) is 0 Å². The predicted molar refractivity (Wildman–Crippen MR) is 82.6 cm³/mol. The van der Waals surface area contributed by atoms with Crippen molar-refractivity contribution < 1.29 is 0 Å². The Morgan fingerprint density at radius 1 is 1.16 bits per heavy atom. The second kappa shape index (κ2) is 8.23. The molecule has 2 rings (SSSR count). The summed E-state index contributed by atoms with van der Waals surface area (Å²) in [5.41, 5.74) is 0. The van der Waals surface area contributed by atoms with Crippen LogP contribution in [0.1, 0.15) is 45.4 Å². The van der Waals surface area contributed by atoms with E-state index >= 15 is 0 Å². The van der Waals surface area contributed by atoms with E-state index < -0.39 is 0 Å². The molecular weight excluding hydrogens is 234 g/mol. The number of likely N-dealkylation sites (N-methyl/N-ethyl adjacent to an activating group) is 1. The van der Waals surface area contributed by atoms with Crippen molar-refractivity contribution in [3.05, 3.63) is 0 Å². The van der Waals surface area contributed by atoms with Crippen molar-refractivity contribution in [3.63, 3.8) is 0 Å². The highest BCUT2D eigenvalue weighted by Crippen LogP contribution is 2.26. The number of nitrogens with one attached hydrogen (secondary N) is 1. The predicted octanol–water partition coefficient (Wildman–Crippen LogP) is 2.18. The molecule has 2 aliphatic rings. The summed E-state index contributed by atoms with van der Waals surface area (Å²) >= 11 is 0. The molecule has 0 radical (unpaired) electrons. The molecule has 1 aliphatic carbocycles. The van der Waals surface area contributed by atoms with Crippen molar-refractivity contribution in [2.75, 3.05) is 46.3 Å². The van der Waals surface area contributed by atoms with Gasteiger partial charge in [-0.3, -0.25) is 4.90 Å². The van der Waals surface area contributed by atoms with Gasteiger partial charge in [-0.05, 0) is 32.9 Å². The maximum absolute atomic E-state index is 3.44. The smallest absolute Gasteiger partial charge is 0.0195 e. The summed E-state index contributed by atoms with van der Waals surface area (Å²) in [6, 6.07) is 0.707. The lowest BCUT2D eigenvalue weighted by Crippen LogP contribution is -2.50. The van der Waals surface area contributed by atoms with E-state index in [1.165, 1.54) is 64.7 Å². The minimum Gasteiger partial charge on any atom is -0.314 e. The van der Waals surface area contributed by atoms with Crippen molar-refractivity contribution in [2.24, 2.45) is 5.92 Å². The van der Waals surface area contributed by atoms with E-state index in [2.05, 4.69) is 29.1 Å². The molecule has 0 aromatic rings. The van der Waals surface area contributed by atoms with Crippen LogP contribution < -0.4 is 5.32 Å². The Kier molecular flexibility index (Phi) is 6.62. The van der Waals surface area contributed by atoms with Crippen LogP contribution in [-0.2, 0) is 0 Å². The van der Waals surface area contributed by atoms with Gasteiger partial charge in [0.2, 0.25) is 0 Å². The lowest BCUT2D eigenvalue weighted by atomic mass is 9.87. The Labute approximate surface area is 119 Å². The molecule has 19 heavy (non-hydrogen) atoms. The molecule has 1 unspecified atom stereocenters. The lowest BCUT2D eigenvalue weighted by Gasteiger charge is -2.35. The minimum atomic E-state index is 0.707. The Hall–Kier alpha value is -0.120. The minimum absolute atomic E-state index is 0.707. The highest BCUT2D eigenvalue weighted by Gasteiger charge is 2.18. The van der Waals surface area contributed by atoms with Crippen LogP contribution in [0, 0.1) is 5.92 Å². The SMILES string of the molecule is CC(CN(C)CCC1CCCCC1)N1CCNCC1. The molecule has 2 fully saturated rings. The van der Waals surface area contributed by atoms with Gasteiger partial charge in [-0.1, -0.05) is 32.1 Å². The van der Waals surface area contributed by atoms with Crippen LogP contribution in [0.15, 0.2) is 0 Å². The first-order valence-electron chi connectivity index (χ1n) is 8.39. The molecule has 0 aromatic heterocycles. The molecule has 0 bridgehead atoms. The fourth-order valence-electron chi connectivity index (χ4n) is 3.66. The van der Waals surface area contributed by atoms with E-state index in [0.717, 1.165) is 19.0 Å². The molecule has 1 aliphatic heterocycles. The number of rotatable bonds is 6. The molecule has 1 saturated heterocycles. The van der Waals surface area contributed by atoms with Gasteiger partial charge >= 0.3 is 0 Å². The van der Waals surface area contributed by atoms with Gasteiger partial charge < -0.3 is 10.2 Å². The zero-order chi connectivity index (χ0) is 13.5. The van der Waals surface area contributed by atoms with Crippen LogP contribution >= 0.6 is 0 Å². The Morgan fingerprint density at radius 3 is 2.53 bits per heavy atom. The molecule has 1 atom stereocenters. The van der Waals surface area contributed by atoms with Crippen molar-refractivity contribution in [1.82, 2.24) is 15.1 Å². The number of hydrogen-bond donors (Lipinski definition) is 1. The van der Waals surface area contributed by atoms with E-state index in [4.69, 9.17) is 0 Å². The summed E-state index contributed by atoms with van der Waals surface area (Å²) < 4.78 is 0. The topological polar surface area (TPSA) is 18.5 Å². The summed E-state index contributed by atoms with van der Waals surface area (Å²) in [5.74, 6) is 1.02. The first-order chi connectivity index (χ1) is 9.25. The quantitative estimate of drug-likeness (QED) is 0.796. The van der Waals surface area contributed by atoms with Gasteiger partial charge in [-0.25, -0.2) is 0 Å². The van der Waals surface area contributed by atoms with Crippen LogP contribution in [0.4, 0.5) is 0 Å². The summed E-state index contributed by atoms with van der Waals surface area (Å²) in [5, 5.41) is 3.44. The van der Waals surface area contributed by atoms with E-state index in [-0.39, 0.29) is 0 Å². The van der Waals surface area contributed by atoms with E-state index in [1.807, 2.05) is 0 Å². The van der Waals surface area contributed by atoms with E-state index in [0.29, 0.717) is 6.04 Å². The molecule has 1 saturated carbocycles. The average Bonchev–Trinajstić information content (AvgIpc) is 2.47. The van der Waals surface area contributed by atoms with Crippen LogP contribution in [0.2, 0.25) is 0 Å². The molecular formula is C16H33N3. The number of piperazine rings is 1. The summed E-state index contributed by atoms with van der Waals surface area (Å²) in [6.45, 7) is 9.68. The second-order valence-electron chi connectivity index (χ2n) is 6.69. The second-order valence-corrected chi connectivity index (χ2v) is 6.69. The van der Waals surface area contributed by atoms with Gasteiger partial charge in [0.15, 0.2) is 0 Å². The van der Waals surface area contributed by atoms with Gasteiger partial charge in [-0.2, -0.15) is 0 Å². The molecule has 0 spiro atoms. The van der Waals surface area contributed by atoms with Gasteiger partial charge in [0.25, 0.3) is 0 Å². The van der Waals surface area contributed by atoms with E-state index in [1.54, 1.807) is 0 Å². The Morgan fingerprint density at radius 2 is 1.84 bits per heavy atom. The van der Waals surface area contributed by atoms with E-state index in [9.17, 15) is 0 Å². The zero-order valence-electron chi connectivity index (χ0n) is 13.0. The summed E-state index contributed by atoms with van der Waals surface area (Å²) in [7, 11) is 2.31. The van der Waals surface area contributed by atoms with Gasteiger partial charge in [0.05, 0.1) is 0 Å². The van der Waals surface area contributed by atoms with Gasteiger partial charge in [-0.15, -0.1) is 0 Å². The summed E-state index contributed by atoms with van der Waals surface area (Å²) in [4.78, 5) is 5.19. The van der Waals surface area contributed by atoms with Crippen molar-refractivity contribution in [3.8, 4) is 0 Å². The lowest BCUT2D eigenvalue weighted by molar-refractivity contribution is 0.141. The third-order valence-corrected chi connectivity index (χ3v) is 4.99. The number of hydrogen-bond acceptors (Lipinski definition) is 3. The molecule has 112 valence electrons. The summed E-state index contributed by atoms with van der Waals surface area (Å²) in [6.07, 6.45) is 8.83. The highest BCUT2D eigenvalue weighted by molar-refractivity contribution is 4.76. The Bertz CT molecular complexity index is 232. The third kappa shape index (κ3) is 5.41. The van der Waals surface area contributed by atoms with Gasteiger partial charge in [0, 0.05) is 38.8 Å². The highest BCUT2D eigenvalue weighted by atomic mass is 15.2. The first kappa shape index (κ1) is 15.3. The number of nitrogens with zero attached hydrogens (tertiary/aromatic N) is 2. The van der Waals surface area contributed by atoms with Crippen molar-refractivity contribution >= 4 is 0 Å². The van der Waals surface area contributed by atoms with Crippen LogP contribution in [-0.4, -0.2) is 62.2 Å². The fourth-order valence-corrected chi connectivity index (χ4v) is 3.66. The monoisotopic (exact) mass is 267 g/mol. The zero-order valence-corrected chi connectivity index (χ0v) is 13.0. The average molecular weight is 267 g/mol. The maximum atomic E-state index is 3.44. The van der Waals surface area contributed by atoms with Crippen LogP contribution in [0.3, 0.4) is 0 Å². The molecule has 3 heteroatoms. The first-order valence-corrected chi connectivity index (χ1v) is 8.39. The van der Waals surface area contributed by atoms with Crippen LogP contribution in [0.25, 0.3) is 0 Å². The third-order valence-electron chi connectivity index (χ3n) is 4.99. The Balaban J connectivity index is 1.61. The molecule has 1 heterocycles. The van der Waals surface area contributed by atoms with Crippen LogP contribution in [0.5, 0.6) is 0 Å². The standard InChI is InChI=1S/C16H33N3/c1-15(19-12-9-17-10-13-19)14-18(2)11-8-16-6-4-3-5-7-16/h15-17H,3-14H2,1-2H3. The van der Waals surface area contributed by atoms with Crippen molar-refractivity contribution in [2.45, 2.75) is 51.5 Å². The van der Waals surface area contributed by atoms with Gasteiger partial charge in [0.1, 0.15) is 0 Å². The molecule has 0 aromatic carbocycles. The molecule has 1 N–H and O–H groups in total. The molecule has 3 nitrogen and oxygen atoms in total. The maximum Gasteiger partial charge on any atom is 0.0195 e.